The van der Waals surface area contributed by atoms with Crippen LogP contribution in [0.5, 0.6) is 0 Å². The van der Waals surface area contributed by atoms with Crippen LogP contribution in [0, 0.1) is 11.3 Å². The molecule has 0 aromatic heterocycles. The number of piperazine rings is 1. The predicted molar refractivity (Wildman–Crippen MR) is 78.9 cm³/mol. The second-order valence-electron chi connectivity index (χ2n) is 7.49. The summed E-state index contributed by atoms with van der Waals surface area (Å²) in [5.74, 6) is 0.984. The lowest BCUT2D eigenvalue weighted by molar-refractivity contribution is 0.0706. The molecule has 106 valence electrons. The Kier molecular flexibility index (Phi) is 4.71. The van der Waals surface area contributed by atoms with E-state index in [9.17, 15) is 0 Å². The highest BCUT2D eigenvalue weighted by atomic mass is 15.2. The van der Waals surface area contributed by atoms with Crippen molar-refractivity contribution >= 4 is 0 Å². The van der Waals surface area contributed by atoms with Crippen LogP contribution in [0.15, 0.2) is 0 Å². The topological polar surface area (TPSA) is 15.3 Å². The molecule has 1 saturated carbocycles. The van der Waals surface area contributed by atoms with E-state index in [4.69, 9.17) is 0 Å². The maximum absolute atomic E-state index is 3.77. The Hall–Kier alpha value is -0.0800. The molecule has 2 atom stereocenters. The fourth-order valence-electron chi connectivity index (χ4n) is 3.59. The highest BCUT2D eigenvalue weighted by molar-refractivity contribution is 4.92. The van der Waals surface area contributed by atoms with Crippen molar-refractivity contribution < 1.29 is 0 Å². The van der Waals surface area contributed by atoms with Crippen molar-refractivity contribution in [3.63, 3.8) is 0 Å². The van der Waals surface area contributed by atoms with Gasteiger partial charge in [0.15, 0.2) is 0 Å². The number of rotatable bonds is 3. The van der Waals surface area contributed by atoms with Crippen LogP contribution in [-0.2, 0) is 0 Å². The van der Waals surface area contributed by atoms with E-state index in [0.717, 1.165) is 12.0 Å². The van der Waals surface area contributed by atoms with E-state index in [0.29, 0.717) is 11.5 Å². The average Bonchev–Trinajstić information content (AvgIpc) is 2.80. The summed E-state index contributed by atoms with van der Waals surface area (Å²) in [6.07, 6.45) is 7.17. The first-order valence-electron chi connectivity index (χ1n) is 7.98. The van der Waals surface area contributed by atoms with Gasteiger partial charge in [0.2, 0.25) is 0 Å². The number of hydrogen-bond acceptors (Lipinski definition) is 2. The minimum atomic E-state index is 0.382. The van der Waals surface area contributed by atoms with Gasteiger partial charge in [0.05, 0.1) is 0 Å². The third-order valence-corrected chi connectivity index (χ3v) is 5.02. The third kappa shape index (κ3) is 3.48. The van der Waals surface area contributed by atoms with E-state index in [-0.39, 0.29) is 0 Å². The number of nitrogens with one attached hydrogen (secondary N) is 1. The second-order valence-corrected chi connectivity index (χ2v) is 7.49. The lowest BCUT2D eigenvalue weighted by Gasteiger charge is -2.45. The quantitative estimate of drug-likeness (QED) is 0.829. The zero-order chi connectivity index (χ0) is 13.2. The molecule has 0 aromatic carbocycles. The molecule has 18 heavy (non-hydrogen) atoms. The van der Waals surface area contributed by atoms with Gasteiger partial charge in [-0.05, 0) is 30.6 Å². The molecule has 2 nitrogen and oxygen atoms in total. The highest BCUT2D eigenvalue weighted by Crippen LogP contribution is 2.29. The lowest BCUT2D eigenvalue weighted by Crippen LogP contribution is -2.60. The van der Waals surface area contributed by atoms with Crippen LogP contribution in [0.2, 0.25) is 0 Å². The molecule has 0 radical (unpaired) electrons. The fourth-order valence-corrected chi connectivity index (χ4v) is 3.59. The zero-order valence-corrected chi connectivity index (χ0v) is 12.8. The first-order chi connectivity index (χ1) is 8.50. The van der Waals surface area contributed by atoms with Crippen molar-refractivity contribution in [1.82, 2.24) is 10.2 Å². The molecular weight excluding hydrogens is 220 g/mol. The SMILES string of the molecule is CCC1CNC(C(C)(C)C)CN1CC1CCCC1. The van der Waals surface area contributed by atoms with Crippen molar-refractivity contribution in [2.45, 2.75) is 71.9 Å². The smallest absolute Gasteiger partial charge is 0.0244 e. The molecule has 0 amide bonds. The van der Waals surface area contributed by atoms with Gasteiger partial charge in [-0.2, -0.15) is 0 Å². The lowest BCUT2D eigenvalue weighted by atomic mass is 9.84. The van der Waals surface area contributed by atoms with Crippen molar-refractivity contribution in [2.75, 3.05) is 19.6 Å². The molecule has 2 aliphatic rings. The van der Waals surface area contributed by atoms with Crippen LogP contribution in [-0.4, -0.2) is 36.6 Å². The monoisotopic (exact) mass is 252 g/mol. The summed E-state index contributed by atoms with van der Waals surface area (Å²) in [5.41, 5.74) is 0.382. The first-order valence-corrected chi connectivity index (χ1v) is 7.98. The molecule has 2 rings (SSSR count). The van der Waals surface area contributed by atoms with Gasteiger partial charge >= 0.3 is 0 Å². The Balaban J connectivity index is 1.94. The van der Waals surface area contributed by atoms with Gasteiger partial charge in [0.25, 0.3) is 0 Å². The summed E-state index contributed by atoms with van der Waals surface area (Å²) in [5, 5.41) is 3.77. The van der Waals surface area contributed by atoms with Crippen molar-refractivity contribution in [3.8, 4) is 0 Å². The molecule has 1 N–H and O–H groups in total. The number of nitrogens with zero attached hydrogens (tertiary/aromatic N) is 1. The van der Waals surface area contributed by atoms with E-state index in [1.54, 1.807) is 0 Å². The van der Waals surface area contributed by atoms with Gasteiger partial charge in [0.1, 0.15) is 0 Å². The Bertz CT molecular complexity index is 250. The average molecular weight is 252 g/mol. The first kappa shape index (κ1) is 14.3. The Morgan fingerprint density at radius 1 is 1.17 bits per heavy atom. The molecule has 0 aromatic rings. The minimum Gasteiger partial charge on any atom is -0.311 e. The molecule has 2 unspecified atom stereocenters. The van der Waals surface area contributed by atoms with Crippen molar-refractivity contribution in [3.05, 3.63) is 0 Å². The van der Waals surface area contributed by atoms with Crippen molar-refractivity contribution in [2.24, 2.45) is 11.3 Å². The molecule has 2 heteroatoms. The normalized spacial score (nSPS) is 32.0. The van der Waals surface area contributed by atoms with Crippen LogP contribution < -0.4 is 5.32 Å². The van der Waals surface area contributed by atoms with E-state index in [2.05, 4.69) is 37.9 Å². The molecule has 0 spiro atoms. The predicted octanol–water partition coefficient (Wildman–Crippen LogP) is 3.28. The molecule has 1 aliphatic carbocycles. The Labute approximate surface area is 114 Å². The van der Waals surface area contributed by atoms with Gasteiger partial charge in [-0.15, -0.1) is 0 Å². The van der Waals surface area contributed by atoms with Crippen LogP contribution in [0.3, 0.4) is 0 Å². The fraction of sp³-hybridized carbons (Fsp3) is 1.00. The summed E-state index contributed by atoms with van der Waals surface area (Å²) in [6.45, 7) is 13.2. The van der Waals surface area contributed by atoms with E-state index in [1.807, 2.05) is 0 Å². The maximum atomic E-state index is 3.77. The number of hydrogen-bond donors (Lipinski definition) is 1. The van der Waals surface area contributed by atoms with Crippen LogP contribution >= 0.6 is 0 Å². The van der Waals surface area contributed by atoms with Gasteiger partial charge in [-0.1, -0.05) is 40.5 Å². The second kappa shape index (κ2) is 5.92. The highest BCUT2D eigenvalue weighted by Gasteiger charge is 2.34. The van der Waals surface area contributed by atoms with Gasteiger partial charge < -0.3 is 5.32 Å². The molecule has 1 heterocycles. The van der Waals surface area contributed by atoms with Crippen LogP contribution in [0.1, 0.15) is 59.8 Å². The molecule has 1 aliphatic heterocycles. The van der Waals surface area contributed by atoms with Gasteiger partial charge in [-0.25, -0.2) is 0 Å². The van der Waals surface area contributed by atoms with E-state index >= 15 is 0 Å². The molecule has 0 bridgehead atoms. The summed E-state index contributed by atoms with van der Waals surface area (Å²) in [7, 11) is 0. The molecule has 1 saturated heterocycles. The van der Waals surface area contributed by atoms with Crippen LogP contribution in [0.4, 0.5) is 0 Å². The van der Waals surface area contributed by atoms with E-state index < -0.39 is 0 Å². The molecule has 2 fully saturated rings. The summed E-state index contributed by atoms with van der Waals surface area (Å²) < 4.78 is 0. The molecular formula is C16H32N2. The Morgan fingerprint density at radius 3 is 2.39 bits per heavy atom. The Morgan fingerprint density at radius 2 is 1.83 bits per heavy atom. The van der Waals surface area contributed by atoms with Crippen LogP contribution in [0.25, 0.3) is 0 Å². The summed E-state index contributed by atoms with van der Waals surface area (Å²) in [4.78, 5) is 2.79. The summed E-state index contributed by atoms with van der Waals surface area (Å²) >= 11 is 0. The maximum Gasteiger partial charge on any atom is 0.0244 e. The van der Waals surface area contributed by atoms with Gasteiger partial charge in [0, 0.05) is 31.7 Å². The van der Waals surface area contributed by atoms with E-state index in [1.165, 1.54) is 51.7 Å². The standard InChI is InChI=1S/C16H32N2/c1-5-14-10-17-15(16(2,3)4)12-18(14)11-13-8-6-7-9-13/h13-15,17H,5-12H2,1-4H3. The van der Waals surface area contributed by atoms with Gasteiger partial charge in [-0.3, -0.25) is 4.90 Å². The largest absolute Gasteiger partial charge is 0.311 e. The van der Waals surface area contributed by atoms with Crippen molar-refractivity contribution in [1.29, 1.82) is 0 Å². The summed E-state index contributed by atoms with van der Waals surface area (Å²) in [6, 6.07) is 1.42. The minimum absolute atomic E-state index is 0.382. The zero-order valence-electron chi connectivity index (χ0n) is 12.8. The third-order valence-electron chi connectivity index (χ3n) is 5.02.